The summed E-state index contributed by atoms with van der Waals surface area (Å²) < 4.78 is 0. The van der Waals surface area contributed by atoms with E-state index in [1.54, 1.807) is 22.8 Å². The number of urea groups is 1. The fourth-order valence-corrected chi connectivity index (χ4v) is 4.83. The SMILES string of the molecule is O=C1NC(SCc2ccc(Cl)cc2Cl)NC2C(c3ccccc3)CNN12. The van der Waals surface area contributed by atoms with Crippen molar-refractivity contribution in [1.82, 2.24) is 21.1 Å². The largest absolute Gasteiger partial charge is 0.335 e. The van der Waals surface area contributed by atoms with Crippen molar-refractivity contribution in [3.8, 4) is 0 Å². The van der Waals surface area contributed by atoms with Gasteiger partial charge in [0.25, 0.3) is 0 Å². The Morgan fingerprint density at radius 3 is 2.73 bits per heavy atom. The van der Waals surface area contributed by atoms with E-state index in [1.165, 1.54) is 5.56 Å². The van der Waals surface area contributed by atoms with Gasteiger partial charge < -0.3 is 5.32 Å². The first-order valence-electron chi connectivity index (χ1n) is 8.31. The molecule has 3 unspecified atom stereocenters. The standard InChI is InChI=1S/C18H18Cl2N4OS/c19-13-7-6-12(15(20)8-13)10-26-17-22-16-14(11-4-2-1-3-5-11)9-21-24(16)18(25)23-17/h1-8,14,16-17,21-22H,9-10H2,(H,23,25). The summed E-state index contributed by atoms with van der Waals surface area (Å²) in [5.74, 6) is 0.869. The van der Waals surface area contributed by atoms with Crippen LogP contribution in [0.2, 0.25) is 10.0 Å². The average molecular weight is 409 g/mol. The molecule has 4 rings (SSSR count). The number of benzene rings is 2. The molecule has 136 valence electrons. The molecule has 0 aliphatic carbocycles. The summed E-state index contributed by atoms with van der Waals surface area (Å²) >= 11 is 13.8. The van der Waals surface area contributed by atoms with Crippen LogP contribution in [-0.2, 0) is 5.75 Å². The maximum absolute atomic E-state index is 12.4. The molecule has 2 saturated heterocycles. The van der Waals surface area contributed by atoms with Crippen molar-refractivity contribution >= 4 is 41.0 Å². The van der Waals surface area contributed by atoms with Gasteiger partial charge >= 0.3 is 6.03 Å². The normalized spacial score (nSPS) is 25.1. The first-order chi connectivity index (χ1) is 12.6. The van der Waals surface area contributed by atoms with Crippen molar-refractivity contribution < 1.29 is 4.79 Å². The van der Waals surface area contributed by atoms with E-state index in [4.69, 9.17) is 23.2 Å². The zero-order valence-corrected chi connectivity index (χ0v) is 16.1. The van der Waals surface area contributed by atoms with Gasteiger partial charge in [0, 0.05) is 28.3 Å². The van der Waals surface area contributed by atoms with Crippen molar-refractivity contribution in [2.75, 3.05) is 6.54 Å². The van der Waals surface area contributed by atoms with Crippen LogP contribution in [0.15, 0.2) is 48.5 Å². The van der Waals surface area contributed by atoms with Gasteiger partial charge in [0.15, 0.2) is 0 Å². The molecular weight excluding hydrogens is 391 g/mol. The van der Waals surface area contributed by atoms with Gasteiger partial charge in [-0.2, -0.15) is 0 Å². The van der Waals surface area contributed by atoms with E-state index in [-0.39, 0.29) is 23.6 Å². The number of nitrogens with zero attached hydrogens (tertiary/aromatic N) is 1. The molecule has 0 spiro atoms. The molecule has 0 saturated carbocycles. The van der Waals surface area contributed by atoms with E-state index >= 15 is 0 Å². The summed E-state index contributed by atoms with van der Waals surface area (Å²) in [6, 6.07) is 15.6. The molecule has 0 radical (unpaired) electrons. The molecule has 0 aromatic heterocycles. The number of carbonyl (C=O) groups excluding carboxylic acids is 1. The Hall–Kier alpha value is -1.44. The molecule has 5 nitrogen and oxygen atoms in total. The summed E-state index contributed by atoms with van der Waals surface area (Å²) in [7, 11) is 0. The lowest BCUT2D eigenvalue weighted by Crippen LogP contribution is -2.65. The van der Waals surface area contributed by atoms with Crippen molar-refractivity contribution in [2.24, 2.45) is 0 Å². The summed E-state index contributed by atoms with van der Waals surface area (Å²) in [4.78, 5) is 12.4. The third-order valence-electron chi connectivity index (χ3n) is 4.58. The van der Waals surface area contributed by atoms with Gasteiger partial charge in [-0.15, -0.1) is 11.8 Å². The summed E-state index contributed by atoms with van der Waals surface area (Å²) in [6.07, 6.45) is -0.0932. The van der Waals surface area contributed by atoms with Crippen molar-refractivity contribution in [3.63, 3.8) is 0 Å². The van der Waals surface area contributed by atoms with Gasteiger partial charge in [0.05, 0.1) is 0 Å². The lowest BCUT2D eigenvalue weighted by atomic mass is 9.97. The first kappa shape index (κ1) is 17.9. The monoisotopic (exact) mass is 408 g/mol. The highest BCUT2D eigenvalue weighted by Gasteiger charge is 2.43. The first-order valence-corrected chi connectivity index (χ1v) is 10.1. The molecule has 2 aliphatic rings. The van der Waals surface area contributed by atoms with E-state index < -0.39 is 0 Å². The van der Waals surface area contributed by atoms with Crippen LogP contribution < -0.4 is 16.1 Å². The lowest BCUT2D eigenvalue weighted by Gasteiger charge is -2.37. The molecule has 8 heteroatoms. The molecule has 2 aliphatic heterocycles. The topological polar surface area (TPSA) is 56.4 Å². The van der Waals surface area contributed by atoms with Gasteiger partial charge in [0.1, 0.15) is 11.7 Å². The minimum atomic E-state index is -0.193. The number of fused-ring (bicyclic) bond motifs is 1. The Labute approximate surface area is 166 Å². The highest BCUT2D eigenvalue weighted by molar-refractivity contribution is 7.99. The van der Waals surface area contributed by atoms with Crippen LogP contribution in [0.3, 0.4) is 0 Å². The number of hydrogen-bond acceptors (Lipinski definition) is 4. The maximum atomic E-state index is 12.4. The second kappa shape index (κ2) is 7.66. The van der Waals surface area contributed by atoms with Gasteiger partial charge in [-0.25, -0.2) is 15.2 Å². The number of halogens is 2. The van der Waals surface area contributed by atoms with Crippen LogP contribution >= 0.6 is 35.0 Å². The van der Waals surface area contributed by atoms with Crippen molar-refractivity contribution in [3.05, 3.63) is 69.7 Å². The Bertz CT molecular complexity index is 807. The van der Waals surface area contributed by atoms with Gasteiger partial charge in [-0.3, -0.25) is 5.32 Å². The Kier molecular flexibility index (Phi) is 5.29. The molecule has 26 heavy (non-hydrogen) atoms. The zero-order valence-electron chi connectivity index (χ0n) is 13.8. The second-order valence-corrected chi connectivity index (χ2v) is 8.17. The third kappa shape index (κ3) is 3.66. The zero-order chi connectivity index (χ0) is 18.1. The minimum Gasteiger partial charge on any atom is -0.312 e. The predicted molar refractivity (Wildman–Crippen MR) is 106 cm³/mol. The average Bonchev–Trinajstić information content (AvgIpc) is 3.06. The van der Waals surface area contributed by atoms with Crippen LogP contribution in [0, 0.1) is 0 Å². The second-order valence-electron chi connectivity index (χ2n) is 6.24. The number of rotatable bonds is 4. The van der Waals surface area contributed by atoms with Crippen LogP contribution in [0.4, 0.5) is 4.79 Å². The van der Waals surface area contributed by atoms with Crippen LogP contribution in [0.1, 0.15) is 17.0 Å². The maximum Gasteiger partial charge on any atom is 0.335 e. The molecule has 3 atom stereocenters. The third-order valence-corrected chi connectivity index (χ3v) is 6.24. The molecule has 2 amide bonds. The predicted octanol–water partition coefficient (Wildman–Crippen LogP) is 3.75. The van der Waals surface area contributed by atoms with E-state index in [2.05, 4.69) is 28.2 Å². The summed E-state index contributed by atoms with van der Waals surface area (Å²) in [5.41, 5.74) is 5.18. The van der Waals surface area contributed by atoms with E-state index in [0.717, 1.165) is 12.1 Å². The van der Waals surface area contributed by atoms with Crippen LogP contribution in [0.25, 0.3) is 0 Å². The smallest absolute Gasteiger partial charge is 0.312 e. The number of carbonyl (C=O) groups is 1. The number of hydrazine groups is 1. The highest BCUT2D eigenvalue weighted by atomic mass is 35.5. The Morgan fingerprint density at radius 1 is 1.15 bits per heavy atom. The van der Waals surface area contributed by atoms with E-state index in [0.29, 0.717) is 15.8 Å². The van der Waals surface area contributed by atoms with Crippen molar-refractivity contribution in [1.29, 1.82) is 0 Å². The summed E-state index contributed by atoms with van der Waals surface area (Å²) in [5, 5.41) is 9.39. The van der Waals surface area contributed by atoms with Crippen molar-refractivity contribution in [2.45, 2.75) is 23.3 Å². The Morgan fingerprint density at radius 2 is 1.96 bits per heavy atom. The quantitative estimate of drug-likeness (QED) is 0.720. The number of amides is 2. The van der Waals surface area contributed by atoms with E-state index in [9.17, 15) is 4.79 Å². The number of nitrogens with one attached hydrogen (secondary N) is 3. The summed E-state index contributed by atoms with van der Waals surface area (Å²) in [6.45, 7) is 0.718. The molecule has 2 fully saturated rings. The molecule has 0 bridgehead atoms. The number of hydrogen-bond donors (Lipinski definition) is 3. The lowest BCUT2D eigenvalue weighted by molar-refractivity contribution is 0.128. The molecule has 2 aromatic carbocycles. The molecule has 2 aromatic rings. The van der Waals surface area contributed by atoms with Crippen LogP contribution in [-0.4, -0.2) is 29.2 Å². The fraction of sp³-hybridized carbons (Fsp3) is 0.278. The fourth-order valence-electron chi connectivity index (χ4n) is 3.26. The van der Waals surface area contributed by atoms with Gasteiger partial charge in [-0.05, 0) is 23.3 Å². The van der Waals surface area contributed by atoms with Gasteiger partial charge in [0.2, 0.25) is 0 Å². The number of thioether (sulfide) groups is 1. The molecule has 3 N–H and O–H groups in total. The van der Waals surface area contributed by atoms with Gasteiger partial charge in [-0.1, -0.05) is 59.6 Å². The Balaban J connectivity index is 1.45. The van der Waals surface area contributed by atoms with E-state index in [1.807, 2.05) is 30.3 Å². The minimum absolute atomic E-state index is 0.0932. The van der Waals surface area contributed by atoms with Crippen LogP contribution in [0.5, 0.6) is 0 Å². The highest BCUT2D eigenvalue weighted by Crippen LogP contribution is 2.31. The molecular formula is C18H18Cl2N4OS. The molecule has 2 heterocycles.